The normalized spacial score (nSPS) is 11.9. The first-order valence-electron chi connectivity index (χ1n) is 5.96. The van der Waals surface area contributed by atoms with Gasteiger partial charge in [-0.15, -0.1) is 0 Å². The fraction of sp³-hybridized carbons (Fsp3) is 0.231. The number of amides is 1. The number of carbonyl (C=O) groups excluding carboxylic acids is 1. The Hall–Kier alpha value is -1.63. The number of aliphatic hydroxyl groups is 1. The molecule has 5 nitrogen and oxygen atoms in total. The molecule has 1 aromatic carbocycles. The van der Waals surface area contributed by atoms with Crippen molar-refractivity contribution in [1.29, 1.82) is 0 Å². The van der Waals surface area contributed by atoms with E-state index in [0.29, 0.717) is 20.6 Å². The minimum atomic E-state index is -0.843. The Morgan fingerprint density at radius 3 is 2.90 bits per heavy atom. The van der Waals surface area contributed by atoms with Crippen molar-refractivity contribution in [2.45, 2.75) is 6.10 Å². The molecule has 0 aliphatic heterocycles. The van der Waals surface area contributed by atoms with Crippen molar-refractivity contribution in [2.24, 2.45) is 0 Å². The second-order valence-corrected chi connectivity index (χ2v) is 5.46. The van der Waals surface area contributed by atoms with Crippen LogP contribution >= 0.6 is 22.9 Å². The molecule has 1 aromatic heterocycles. The number of thiazole rings is 1. The van der Waals surface area contributed by atoms with Gasteiger partial charge in [0, 0.05) is 24.2 Å². The maximum Gasteiger partial charge on any atom is 0.263 e. The van der Waals surface area contributed by atoms with E-state index >= 15 is 0 Å². The van der Waals surface area contributed by atoms with Crippen molar-refractivity contribution >= 4 is 34.0 Å². The molecule has 0 fully saturated rings. The fourth-order valence-corrected chi connectivity index (χ4v) is 2.57. The van der Waals surface area contributed by atoms with Gasteiger partial charge in [0.2, 0.25) is 0 Å². The minimum Gasteiger partial charge on any atom is -0.387 e. The van der Waals surface area contributed by atoms with E-state index in [1.807, 2.05) is 0 Å². The Morgan fingerprint density at radius 1 is 1.50 bits per heavy atom. The van der Waals surface area contributed by atoms with Crippen LogP contribution in [0.4, 0.5) is 5.13 Å². The smallest absolute Gasteiger partial charge is 0.263 e. The lowest BCUT2D eigenvalue weighted by Gasteiger charge is -2.13. The van der Waals surface area contributed by atoms with E-state index in [1.165, 1.54) is 17.5 Å². The number of rotatable bonds is 5. The van der Waals surface area contributed by atoms with E-state index in [2.05, 4.69) is 15.6 Å². The molecule has 0 spiro atoms. The largest absolute Gasteiger partial charge is 0.387 e. The number of halogens is 1. The van der Waals surface area contributed by atoms with Crippen molar-refractivity contribution in [1.82, 2.24) is 10.3 Å². The van der Waals surface area contributed by atoms with Crippen LogP contribution in [0.25, 0.3) is 0 Å². The molecule has 1 amide bonds. The van der Waals surface area contributed by atoms with E-state index in [-0.39, 0.29) is 12.5 Å². The minimum absolute atomic E-state index is 0.0926. The first-order chi connectivity index (χ1) is 9.61. The highest BCUT2D eigenvalue weighted by Gasteiger charge is 2.14. The van der Waals surface area contributed by atoms with E-state index in [0.717, 1.165) is 0 Å². The average Bonchev–Trinajstić information content (AvgIpc) is 2.94. The lowest BCUT2D eigenvalue weighted by atomic mass is 10.1. The molecule has 0 radical (unpaired) electrons. The Balaban J connectivity index is 1.95. The monoisotopic (exact) mass is 311 g/mol. The van der Waals surface area contributed by atoms with Crippen LogP contribution in [0.2, 0.25) is 5.02 Å². The van der Waals surface area contributed by atoms with Crippen molar-refractivity contribution in [3.63, 3.8) is 0 Å². The van der Waals surface area contributed by atoms with Gasteiger partial charge >= 0.3 is 0 Å². The average molecular weight is 312 g/mol. The van der Waals surface area contributed by atoms with Gasteiger partial charge in [0.15, 0.2) is 5.13 Å². The Kier molecular flexibility index (Phi) is 4.94. The Morgan fingerprint density at radius 2 is 2.25 bits per heavy atom. The van der Waals surface area contributed by atoms with Gasteiger partial charge in [-0.25, -0.2) is 4.98 Å². The van der Waals surface area contributed by atoms with Gasteiger partial charge in [0.05, 0.1) is 12.3 Å². The highest BCUT2D eigenvalue weighted by Crippen LogP contribution is 2.22. The maximum atomic E-state index is 11.9. The molecule has 0 bridgehead atoms. The van der Waals surface area contributed by atoms with Gasteiger partial charge in [-0.3, -0.25) is 4.79 Å². The summed E-state index contributed by atoms with van der Waals surface area (Å²) in [5, 5.41) is 16.7. The third-order valence-electron chi connectivity index (χ3n) is 2.66. The fourth-order valence-electron chi connectivity index (χ4n) is 1.63. The number of aliphatic hydroxyl groups excluding tert-OH is 1. The third kappa shape index (κ3) is 3.47. The number of benzene rings is 1. The molecule has 0 saturated heterocycles. The zero-order valence-corrected chi connectivity index (χ0v) is 12.3. The number of hydrogen-bond acceptors (Lipinski definition) is 5. The van der Waals surface area contributed by atoms with Crippen LogP contribution in [0.5, 0.6) is 0 Å². The second-order valence-electron chi connectivity index (χ2n) is 4.03. The Labute approximate surface area is 125 Å². The molecule has 0 aliphatic carbocycles. The first kappa shape index (κ1) is 14.8. The summed E-state index contributed by atoms with van der Waals surface area (Å²) < 4.78 is 0. The van der Waals surface area contributed by atoms with Gasteiger partial charge in [0.25, 0.3) is 5.91 Å². The van der Waals surface area contributed by atoms with Crippen LogP contribution in [0.3, 0.4) is 0 Å². The molecule has 7 heteroatoms. The number of nitrogens with zero attached hydrogens (tertiary/aromatic N) is 1. The molecular formula is C13H14ClN3O2S. The SMILES string of the molecule is CNc1ncc(C(=O)NCC(O)c2ccccc2Cl)s1. The lowest BCUT2D eigenvalue weighted by Crippen LogP contribution is -2.27. The number of nitrogens with one attached hydrogen (secondary N) is 2. The summed E-state index contributed by atoms with van der Waals surface area (Å²) in [6.45, 7) is 0.0926. The zero-order valence-electron chi connectivity index (χ0n) is 10.8. The number of anilines is 1. The van der Waals surface area contributed by atoms with Crippen LogP contribution in [0.15, 0.2) is 30.5 Å². The van der Waals surface area contributed by atoms with Gasteiger partial charge in [-0.1, -0.05) is 41.1 Å². The molecule has 1 unspecified atom stereocenters. The number of hydrogen-bond donors (Lipinski definition) is 3. The maximum absolute atomic E-state index is 11.9. The molecule has 3 N–H and O–H groups in total. The number of carbonyl (C=O) groups is 1. The summed E-state index contributed by atoms with van der Waals surface area (Å²) in [7, 11) is 1.74. The number of aromatic nitrogens is 1. The molecule has 1 atom stereocenters. The topological polar surface area (TPSA) is 74.2 Å². The van der Waals surface area contributed by atoms with Crippen molar-refractivity contribution < 1.29 is 9.90 Å². The van der Waals surface area contributed by atoms with Gasteiger partial charge in [0.1, 0.15) is 4.88 Å². The molecule has 20 heavy (non-hydrogen) atoms. The highest BCUT2D eigenvalue weighted by atomic mass is 35.5. The van der Waals surface area contributed by atoms with Crippen molar-refractivity contribution in [3.05, 3.63) is 45.9 Å². The van der Waals surface area contributed by atoms with Gasteiger partial charge in [-0.2, -0.15) is 0 Å². The summed E-state index contributed by atoms with van der Waals surface area (Å²) in [6.07, 6.45) is 0.651. The van der Waals surface area contributed by atoms with Crippen LogP contribution < -0.4 is 10.6 Å². The van der Waals surface area contributed by atoms with Crippen molar-refractivity contribution in [2.75, 3.05) is 18.9 Å². The van der Waals surface area contributed by atoms with Crippen LogP contribution in [-0.2, 0) is 0 Å². The molecule has 2 rings (SSSR count). The molecule has 0 aliphatic rings. The van der Waals surface area contributed by atoms with E-state index in [9.17, 15) is 9.90 Å². The summed E-state index contributed by atoms with van der Waals surface area (Å²) in [6, 6.07) is 7.00. The predicted molar refractivity (Wildman–Crippen MR) is 80.4 cm³/mol. The van der Waals surface area contributed by atoms with Gasteiger partial charge < -0.3 is 15.7 Å². The summed E-state index contributed by atoms with van der Waals surface area (Å²) in [5.41, 5.74) is 0.592. The third-order valence-corrected chi connectivity index (χ3v) is 4.02. The van der Waals surface area contributed by atoms with E-state index in [4.69, 9.17) is 11.6 Å². The summed E-state index contributed by atoms with van der Waals surface area (Å²) in [5.74, 6) is -0.268. The van der Waals surface area contributed by atoms with Gasteiger partial charge in [-0.05, 0) is 6.07 Å². The van der Waals surface area contributed by atoms with Crippen LogP contribution in [0, 0.1) is 0 Å². The Bertz CT molecular complexity index is 603. The van der Waals surface area contributed by atoms with Crippen LogP contribution in [-0.4, -0.2) is 29.6 Å². The van der Waals surface area contributed by atoms with Crippen molar-refractivity contribution in [3.8, 4) is 0 Å². The molecule has 0 saturated carbocycles. The highest BCUT2D eigenvalue weighted by molar-refractivity contribution is 7.17. The molecule has 2 aromatic rings. The van der Waals surface area contributed by atoms with E-state index in [1.54, 1.807) is 31.3 Å². The zero-order chi connectivity index (χ0) is 14.5. The predicted octanol–water partition coefficient (Wildman–Crippen LogP) is 2.30. The van der Waals surface area contributed by atoms with Crippen LogP contribution in [0.1, 0.15) is 21.3 Å². The molecular weight excluding hydrogens is 298 g/mol. The quantitative estimate of drug-likeness (QED) is 0.792. The standard InChI is InChI=1S/C13H14ClN3O2S/c1-15-13-17-7-11(20-13)12(19)16-6-10(18)8-4-2-3-5-9(8)14/h2-5,7,10,18H,6H2,1H3,(H,15,17)(H,16,19). The summed E-state index contributed by atoms with van der Waals surface area (Å²) >= 11 is 7.23. The molecule has 106 valence electrons. The van der Waals surface area contributed by atoms with E-state index < -0.39 is 6.10 Å². The summed E-state index contributed by atoms with van der Waals surface area (Å²) in [4.78, 5) is 16.4. The molecule has 1 heterocycles. The first-order valence-corrected chi connectivity index (χ1v) is 7.15. The lowest BCUT2D eigenvalue weighted by molar-refractivity contribution is 0.0920. The second kappa shape index (κ2) is 6.69.